The molecule has 1 aliphatic heterocycles. The number of ether oxygens (including phenoxy) is 1. The van der Waals surface area contributed by atoms with Gasteiger partial charge in [0, 0.05) is 38.9 Å². The lowest BCUT2D eigenvalue weighted by Gasteiger charge is -2.32. The molecule has 2 heterocycles. The third kappa shape index (κ3) is 3.07. The van der Waals surface area contributed by atoms with E-state index in [1.807, 2.05) is 18.7 Å². The van der Waals surface area contributed by atoms with Crippen molar-refractivity contribution < 1.29 is 9.53 Å². The van der Waals surface area contributed by atoms with E-state index in [9.17, 15) is 4.79 Å². The molecule has 1 aliphatic rings. The number of amides is 1. The summed E-state index contributed by atoms with van der Waals surface area (Å²) in [6, 6.07) is 0. The van der Waals surface area contributed by atoms with Crippen molar-refractivity contribution in [2.75, 3.05) is 39.8 Å². The van der Waals surface area contributed by atoms with Gasteiger partial charge in [-0.15, -0.1) is 5.10 Å². The monoisotopic (exact) mass is 266 g/mol. The van der Waals surface area contributed by atoms with Crippen molar-refractivity contribution in [3.05, 3.63) is 11.8 Å². The van der Waals surface area contributed by atoms with Crippen LogP contribution in [0.2, 0.25) is 0 Å². The predicted molar refractivity (Wildman–Crippen MR) is 72.5 cm³/mol. The maximum Gasteiger partial charge on any atom is 0.261 e. The molecule has 0 aliphatic carbocycles. The van der Waals surface area contributed by atoms with Crippen LogP contribution >= 0.6 is 0 Å². The number of hydrogen-bond donors (Lipinski definition) is 0. The number of nitrogens with zero attached hydrogens (tertiary/aromatic N) is 4. The Morgan fingerprint density at radius 3 is 2.58 bits per heavy atom. The third-order valence-corrected chi connectivity index (χ3v) is 3.35. The summed E-state index contributed by atoms with van der Waals surface area (Å²) in [6.07, 6.45) is 1.78. The molecule has 0 N–H and O–H groups in total. The first-order valence-electron chi connectivity index (χ1n) is 6.83. The second kappa shape index (κ2) is 6.06. The SMILES string of the molecule is CCOc1nn(CC)cc1C(=O)N1CCN(C)CC1. The Bertz CT molecular complexity index is 436. The largest absolute Gasteiger partial charge is 0.476 e. The Balaban J connectivity index is 2.15. The maximum atomic E-state index is 12.5. The number of piperazine rings is 1. The van der Waals surface area contributed by atoms with Crippen LogP contribution in [0, 0.1) is 0 Å². The highest BCUT2D eigenvalue weighted by atomic mass is 16.5. The minimum Gasteiger partial charge on any atom is -0.476 e. The normalized spacial score (nSPS) is 16.7. The Morgan fingerprint density at radius 1 is 1.32 bits per heavy atom. The number of aryl methyl sites for hydroxylation is 1. The van der Waals surface area contributed by atoms with Crippen molar-refractivity contribution in [2.45, 2.75) is 20.4 Å². The molecule has 1 aromatic rings. The average molecular weight is 266 g/mol. The molecule has 2 rings (SSSR count). The summed E-state index contributed by atoms with van der Waals surface area (Å²) < 4.78 is 7.21. The first-order valence-corrected chi connectivity index (χ1v) is 6.83. The number of carbonyl (C=O) groups is 1. The molecule has 1 saturated heterocycles. The molecule has 1 aromatic heterocycles. The summed E-state index contributed by atoms with van der Waals surface area (Å²) in [7, 11) is 2.07. The van der Waals surface area contributed by atoms with Gasteiger partial charge in [0.15, 0.2) is 0 Å². The van der Waals surface area contributed by atoms with Gasteiger partial charge in [-0.05, 0) is 20.9 Å². The van der Waals surface area contributed by atoms with E-state index in [0.717, 1.165) is 32.7 Å². The number of rotatable bonds is 4. The molecule has 19 heavy (non-hydrogen) atoms. The molecule has 0 unspecified atom stereocenters. The molecule has 106 valence electrons. The summed E-state index contributed by atoms with van der Waals surface area (Å²) >= 11 is 0. The van der Waals surface area contributed by atoms with Crippen LogP contribution in [0.15, 0.2) is 6.20 Å². The summed E-state index contributed by atoms with van der Waals surface area (Å²) in [4.78, 5) is 16.6. The number of carbonyl (C=O) groups excluding carboxylic acids is 1. The van der Waals surface area contributed by atoms with Crippen LogP contribution in [-0.4, -0.2) is 65.3 Å². The molecule has 0 bridgehead atoms. The number of likely N-dealkylation sites (N-methyl/N-ethyl adjacent to an activating group) is 1. The zero-order valence-electron chi connectivity index (χ0n) is 11.9. The topological polar surface area (TPSA) is 50.6 Å². The van der Waals surface area contributed by atoms with Crippen LogP contribution < -0.4 is 4.74 Å². The van der Waals surface area contributed by atoms with E-state index in [1.54, 1.807) is 10.9 Å². The predicted octanol–water partition coefficient (Wildman–Crippen LogP) is 0.689. The van der Waals surface area contributed by atoms with E-state index in [4.69, 9.17) is 4.74 Å². The van der Waals surface area contributed by atoms with Gasteiger partial charge < -0.3 is 14.5 Å². The highest BCUT2D eigenvalue weighted by Gasteiger charge is 2.25. The van der Waals surface area contributed by atoms with Gasteiger partial charge in [0.2, 0.25) is 5.88 Å². The fraction of sp³-hybridized carbons (Fsp3) is 0.692. The minimum absolute atomic E-state index is 0.0243. The summed E-state index contributed by atoms with van der Waals surface area (Å²) in [5, 5.41) is 4.29. The minimum atomic E-state index is 0.0243. The Hall–Kier alpha value is -1.56. The second-order valence-corrected chi connectivity index (χ2v) is 4.73. The van der Waals surface area contributed by atoms with Crippen molar-refractivity contribution in [3.63, 3.8) is 0 Å². The molecule has 0 atom stereocenters. The van der Waals surface area contributed by atoms with Crippen LogP contribution in [0.4, 0.5) is 0 Å². The fourth-order valence-corrected chi connectivity index (χ4v) is 2.14. The zero-order valence-corrected chi connectivity index (χ0v) is 11.9. The van der Waals surface area contributed by atoms with E-state index in [1.165, 1.54) is 0 Å². The van der Waals surface area contributed by atoms with Gasteiger partial charge >= 0.3 is 0 Å². The van der Waals surface area contributed by atoms with E-state index in [2.05, 4.69) is 17.0 Å². The van der Waals surface area contributed by atoms with Gasteiger partial charge in [0.25, 0.3) is 5.91 Å². The highest BCUT2D eigenvalue weighted by Crippen LogP contribution is 2.19. The molecule has 0 radical (unpaired) electrons. The maximum absolute atomic E-state index is 12.5. The van der Waals surface area contributed by atoms with Gasteiger partial charge in [-0.1, -0.05) is 0 Å². The zero-order chi connectivity index (χ0) is 13.8. The van der Waals surface area contributed by atoms with Crippen molar-refractivity contribution >= 4 is 5.91 Å². The van der Waals surface area contributed by atoms with Crippen molar-refractivity contribution in [2.24, 2.45) is 0 Å². The Kier molecular flexibility index (Phi) is 4.42. The quantitative estimate of drug-likeness (QED) is 0.804. The molecule has 1 amide bonds. The Morgan fingerprint density at radius 2 is 2.00 bits per heavy atom. The van der Waals surface area contributed by atoms with Gasteiger partial charge in [-0.3, -0.25) is 9.48 Å². The van der Waals surface area contributed by atoms with Crippen molar-refractivity contribution in [1.29, 1.82) is 0 Å². The van der Waals surface area contributed by atoms with E-state index in [0.29, 0.717) is 18.1 Å². The Labute approximate surface area is 113 Å². The van der Waals surface area contributed by atoms with Crippen LogP contribution in [-0.2, 0) is 6.54 Å². The molecular formula is C13H22N4O2. The first kappa shape index (κ1) is 13.9. The molecule has 1 fully saturated rings. The van der Waals surface area contributed by atoms with Gasteiger partial charge in [-0.2, -0.15) is 0 Å². The lowest BCUT2D eigenvalue weighted by Crippen LogP contribution is -2.47. The average Bonchev–Trinajstić information content (AvgIpc) is 2.82. The third-order valence-electron chi connectivity index (χ3n) is 3.35. The fourth-order valence-electron chi connectivity index (χ4n) is 2.14. The molecule has 0 saturated carbocycles. The molecule has 6 nitrogen and oxygen atoms in total. The summed E-state index contributed by atoms with van der Waals surface area (Å²) in [6.45, 7) is 8.49. The molecular weight excluding hydrogens is 244 g/mol. The summed E-state index contributed by atoms with van der Waals surface area (Å²) in [5.41, 5.74) is 0.577. The smallest absolute Gasteiger partial charge is 0.261 e. The number of hydrogen-bond acceptors (Lipinski definition) is 4. The lowest BCUT2D eigenvalue weighted by atomic mass is 10.2. The van der Waals surface area contributed by atoms with Crippen LogP contribution in [0.1, 0.15) is 24.2 Å². The van der Waals surface area contributed by atoms with E-state index >= 15 is 0 Å². The van der Waals surface area contributed by atoms with Crippen molar-refractivity contribution in [1.82, 2.24) is 19.6 Å². The van der Waals surface area contributed by atoms with Crippen molar-refractivity contribution in [3.8, 4) is 5.88 Å². The highest BCUT2D eigenvalue weighted by molar-refractivity contribution is 5.96. The van der Waals surface area contributed by atoms with Crippen LogP contribution in [0.3, 0.4) is 0 Å². The number of aromatic nitrogens is 2. The second-order valence-electron chi connectivity index (χ2n) is 4.73. The van der Waals surface area contributed by atoms with Gasteiger partial charge in [0.05, 0.1) is 6.61 Å². The van der Waals surface area contributed by atoms with Gasteiger partial charge in [0.1, 0.15) is 5.56 Å². The molecule has 0 aromatic carbocycles. The summed E-state index contributed by atoms with van der Waals surface area (Å²) in [5.74, 6) is 0.476. The van der Waals surface area contributed by atoms with E-state index in [-0.39, 0.29) is 5.91 Å². The molecule has 6 heteroatoms. The van der Waals surface area contributed by atoms with Crippen LogP contribution in [0.5, 0.6) is 5.88 Å². The standard InChI is InChI=1S/C13H22N4O2/c1-4-17-10-11(12(14-17)19-5-2)13(18)16-8-6-15(3)7-9-16/h10H,4-9H2,1-3H3. The lowest BCUT2D eigenvalue weighted by molar-refractivity contribution is 0.0660. The van der Waals surface area contributed by atoms with Crippen LogP contribution in [0.25, 0.3) is 0 Å². The molecule has 0 spiro atoms. The van der Waals surface area contributed by atoms with Gasteiger partial charge in [-0.25, -0.2) is 0 Å². The van der Waals surface area contributed by atoms with E-state index < -0.39 is 0 Å². The first-order chi connectivity index (χ1) is 9.15.